The second kappa shape index (κ2) is 10.1. The van der Waals surface area contributed by atoms with E-state index in [0.29, 0.717) is 15.7 Å². The third kappa shape index (κ3) is 5.01. The lowest BCUT2D eigenvalue weighted by Gasteiger charge is -2.31. The van der Waals surface area contributed by atoms with Gasteiger partial charge in [-0.25, -0.2) is 4.98 Å². The summed E-state index contributed by atoms with van der Waals surface area (Å²) < 4.78 is 3.26. The maximum Gasteiger partial charge on any atom is 0.227 e. The number of imidazole rings is 1. The minimum atomic E-state index is -0.0328. The number of hydrogen-bond acceptors (Lipinski definition) is 3. The molecule has 4 aromatic rings. The van der Waals surface area contributed by atoms with Gasteiger partial charge in [-0.2, -0.15) is 0 Å². The molecule has 1 N–H and O–H groups in total. The number of nitrogens with one attached hydrogen (secondary N) is 1. The molecule has 0 spiro atoms. The first-order chi connectivity index (χ1) is 16.5. The number of fused-ring (bicyclic) bond motifs is 1. The Kier molecular flexibility index (Phi) is 6.93. The first kappa shape index (κ1) is 23.4. The summed E-state index contributed by atoms with van der Waals surface area (Å²) in [5, 5.41) is 3.88. The van der Waals surface area contributed by atoms with Crippen LogP contribution >= 0.6 is 39.1 Å². The summed E-state index contributed by atoms with van der Waals surface area (Å²) in [7, 11) is 0. The van der Waals surface area contributed by atoms with Crippen molar-refractivity contribution < 1.29 is 4.79 Å². The predicted molar refractivity (Wildman–Crippen MR) is 142 cm³/mol. The van der Waals surface area contributed by atoms with E-state index >= 15 is 0 Å². The van der Waals surface area contributed by atoms with Gasteiger partial charge >= 0.3 is 0 Å². The Bertz CT molecular complexity index is 1350. The lowest BCUT2D eigenvalue weighted by Crippen LogP contribution is -2.38. The molecule has 0 atom stereocenters. The molecule has 0 saturated carbocycles. The second-order valence-corrected chi connectivity index (χ2v) is 10.2. The molecule has 1 aliphatic heterocycles. The first-order valence-electron chi connectivity index (χ1n) is 11.2. The SMILES string of the molecule is O=C(Nc1ccc(Cl)c(Cl)c1)C1CCN(Cc2nc3ccccc3n2-c2cccc(Br)c2)CC1. The molecule has 5 rings (SSSR count). The van der Waals surface area contributed by atoms with Gasteiger partial charge in [0, 0.05) is 21.8 Å². The first-order valence-corrected chi connectivity index (χ1v) is 12.7. The zero-order valence-electron chi connectivity index (χ0n) is 18.3. The summed E-state index contributed by atoms with van der Waals surface area (Å²) in [6, 6.07) is 21.6. The molecule has 5 nitrogen and oxygen atoms in total. The van der Waals surface area contributed by atoms with E-state index in [1.807, 2.05) is 30.3 Å². The molecule has 1 aromatic heterocycles. The zero-order chi connectivity index (χ0) is 23.7. The van der Waals surface area contributed by atoms with Crippen LogP contribution in [0.15, 0.2) is 71.2 Å². The van der Waals surface area contributed by atoms with E-state index < -0.39 is 0 Å². The minimum absolute atomic E-state index is 0.0272. The van der Waals surface area contributed by atoms with Crippen LogP contribution in [0.1, 0.15) is 18.7 Å². The molecule has 1 aliphatic rings. The van der Waals surface area contributed by atoms with Crippen molar-refractivity contribution in [3.8, 4) is 5.69 Å². The molecule has 1 amide bonds. The summed E-state index contributed by atoms with van der Waals surface area (Å²) in [4.78, 5) is 20.1. The predicted octanol–water partition coefficient (Wildman–Crippen LogP) is 6.95. The summed E-state index contributed by atoms with van der Waals surface area (Å²) in [5.74, 6) is 0.993. The molecule has 174 valence electrons. The van der Waals surface area contributed by atoms with E-state index in [4.69, 9.17) is 28.2 Å². The Morgan fingerprint density at radius 3 is 2.56 bits per heavy atom. The molecular formula is C26H23BrCl2N4O. The average Bonchev–Trinajstić information content (AvgIpc) is 3.19. The molecule has 34 heavy (non-hydrogen) atoms. The summed E-state index contributed by atoms with van der Waals surface area (Å²) >= 11 is 15.6. The number of carbonyl (C=O) groups excluding carboxylic acids is 1. The summed E-state index contributed by atoms with van der Waals surface area (Å²) in [6.07, 6.45) is 1.59. The second-order valence-electron chi connectivity index (χ2n) is 8.50. The Morgan fingerprint density at radius 1 is 1.00 bits per heavy atom. The average molecular weight is 558 g/mol. The van der Waals surface area contributed by atoms with Gasteiger partial charge in [0.25, 0.3) is 0 Å². The quantitative estimate of drug-likeness (QED) is 0.289. The Balaban J connectivity index is 1.28. The largest absolute Gasteiger partial charge is 0.326 e. The highest BCUT2D eigenvalue weighted by atomic mass is 79.9. The van der Waals surface area contributed by atoms with Crippen LogP contribution in [0.4, 0.5) is 5.69 Å². The lowest BCUT2D eigenvalue weighted by atomic mass is 9.96. The fourth-order valence-electron chi connectivity index (χ4n) is 4.46. The third-order valence-corrected chi connectivity index (χ3v) is 7.44. The lowest BCUT2D eigenvalue weighted by molar-refractivity contribution is -0.121. The molecule has 0 radical (unpaired) electrons. The molecule has 2 heterocycles. The van der Waals surface area contributed by atoms with Crippen molar-refractivity contribution in [1.82, 2.24) is 14.5 Å². The van der Waals surface area contributed by atoms with Crippen LogP contribution in [0.25, 0.3) is 16.7 Å². The van der Waals surface area contributed by atoms with Gasteiger partial charge < -0.3 is 5.32 Å². The highest BCUT2D eigenvalue weighted by molar-refractivity contribution is 9.10. The van der Waals surface area contributed by atoms with Gasteiger partial charge in [0.2, 0.25) is 5.91 Å². The van der Waals surface area contributed by atoms with Crippen molar-refractivity contribution in [2.24, 2.45) is 5.92 Å². The Morgan fingerprint density at radius 2 is 1.79 bits per heavy atom. The Hall–Kier alpha value is -2.38. The van der Waals surface area contributed by atoms with E-state index in [0.717, 1.165) is 59.5 Å². The number of carbonyl (C=O) groups is 1. The van der Waals surface area contributed by atoms with Crippen LogP contribution in [0.2, 0.25) is 10.0 Å². The van der Waals surface area contributed by atoms with Crippen LogP contribution < -0.4 is 5.32 Å². The molecule has 0 bridgehead atoms. The summed E-state index contributed by atoms with van der Waals surface area (Å²) in [5.41, 5.74) is 3.82. The summed E-state index contributed by atoms with van der Waals surface area (Å²) in [6.45, 7) is 2.39. The number of nitrogens with zero attached hydrogens (tertiary/aromatic N) is 3. The number of aromatic nitrogens is 2. The highest BCUT2D eigenvalue weighted by Crippen LogP contribution is 2.28. The number of para-hydroxylation sites is 2. The number of likely N-dealkylation sites (tertiary alicyclic amines) is 1. The normalized spacial score (nSPS) is 15.0. The van der Waals surface area contributed by atoms with Gasteiger partial charge in [0.05, 0.1) is 27.6 Å². The van der Waals surface area contributed by atoms with Gasteiger partial charge in [-0.3, -0.25) is 14.3 Å². The van der Waals surface area contributed by atoms with Crippen molar-refractivity contribution >= 4 is 61.8 Å². The van der Waals surface area contributed by atoms with Crippen molar-refractivity contribution in [3.63, 3.8) is 0 Å². The van der Waals surface area contributed by atoms with Crippen molar-refractivity contribution in [2.75, 3.05) is 18.4 Å². The van der Waals surface area contributed by atoms with E-state index in [-0.39, 0.29) is 11.8 Å². The van der Waals surface area contributed by atoms with Gasteiger partial charge in [-0.15, -0.1) is 0 Å². The van der Waals surface area contributed by atoms with Gasteiger partial charge in [-0.1, -0.05) is 57.3 Å². The molecule has 1 fully saturated rings. The third-order valence-electron chi connectivity index (χ3n) is 6.21. The van der Waals surface area contributed by atoms with Crippen LogP contribution in [-0.4, -0.2) is 33.4 Å². The molecular weight excluding hydrogens is 535 g/mol. The van der Waals surface area contributed by atoms with Crippen molar-refractivity contribution in [3.05, 3.63) is 87.1 Å². The van der Waals surface area contributed by atoms with E-state index in [9.17, 15) is 4.79 Å². The van der Waals surface area contributed by atoms with Crippen molar-refractivity contribution in [2.45, 2.75) is 19.4 Å². The maximum absolute atomic E-state index is 12.8. The van der Waals surface area contributed by atoms with Crippen LogP contribution in [0.5, 0.6) is 0 Å². The number of halogens is 3. The minimum Gasteiger partial charge on any atom is -0.326 e. The molecule has 1 saturated heterocycles. The van der Waals surface area contributed by atoms with Crippen LogP contribution in [-0.2, 0) is 11.3 Å². The monoisotopic (exact) mass is 556 g/mol. The fraction of sp³-hybridized carbons (Fsp3) is 0.231. The Labute approximate surface area is 216 Å². The number of benzene rings is 3. The van der Waals surface area contributed by atoms with Gasteiger partial charge in [0.1, 0.15) is 5.82 Å². The molecule has 8 heteroatoms. The van der Waals surface area contributed by atoms with Gasteiger partial charge in [-0.05, 0) is 74.5 Å². The van der Waals surface area contributed by atoms with Gasteiger partial charge in [0.15, 0.2) is 0 Å². The molecule has 0 unspecified atom stereocenters. The van der Waals surface area contributed by atoms with Crippen LogP contribution in [0, 0.1) is 5.92 Å². The fourth-order valence-corrected chi connectivity index (χ4v) is 5.14. The number of rotatable bonds is 5. The maximum atomic E-state index is 12.8. The number of anilines is 1. The van der Waals surface area contributed by atoms with Crippen molar-refractivity contribution in [1.29, 1.82) is 0 Å². The number of piperidine rings is 1. The standard InChI is InChI=1S/C26H23BrCl2N4O/c27-18-4-3-5-20(14-18)33-24-7-2-1-6-23(24)31-25(33)16-32-12-10-17(11-13-32)26(34)30-19-8-9-21(28)22(29)15-19/h1-9,14-15,17H,10-13,16H2,(H,30,34). The van der Waals surface area contributed by atoms with E-state index in [1.165, 1.54) is 0 Å². The number of hydrogen-bond donors (Lipinski definition) is 1. The van der Waals surface area contributed by atoms with E-state index in [2.05, 4.69) is 48.9 Å². The van der Waals surface area contributed by atoms with Crippen LogP contribution in [0.3, 0.4) is 0 Å². The zero-order valence-corrected chi connectivity index (χ0v) is 21.4. The number of amides is 1. The molecule has 0 aliphatic carbocycles. The van der Waals surface area contributed by atoms with E-state index in [1.54, 1.807) is 18.2 Å². The molecule has 3 aromatic carbocycles. The highest BCUT2D eigenvalue weighted by Gasteiger charge is 2.26. The topological polar surface area (TPSA) is 50.2 Å². The smallest absolute Gasteiger partial charge is 0.227 e.